The minimum atomic E-state index is 0.627. The lowest BCUT2D eigenvalue weighted by Gasteiger charge is -2.32. The van der Waals surface area contributed by atoms with Crippen LogP contribution in [0, 0.1) is 5.92 Å². The predicted molar refractivity (Wildman–Crippen MR) is 71.5 cm³/mol. The number of piperidine rings is 1. The molecule has 1 saturated heterocycles. The van der Waals surface area contributed by atoms with Gasteiger partial charge in [-0.05, 0) is 30.9 Å². The summed E-state index contributed by atoms with van der Waals surface area (Å²) < 4.78 is 0. The van der Waals surface area contributed by atoms with Gasteiger partial charge in [0.05, 0.1) is 11.9 Å². The summed E-state index contributed by atoms with van der Waals surface area (Å²) in [6, 6.07) is 3.88. The quantitative estimate of drug-likeness (QED) is 0.839. The van der Waals surface area contributed by atoms with Gasteiger partial charge in [-0.2, -0.15) is 5.21 Å². The van der Waals surface area contributed by atoms with Gasteiger partial charge in [-0.15, -0.1) is 10.2 Å². The van der Waals surface area contributed by atoms with Crippen molar-refractivity contribution < 1.29 is 0 Å². The summed E-state index contributed by atoms with van der Waals surface area (Å²) in [7, 11) is 0. The molecule has 7 nitrogen and oxygen atoms in total. The minimum Gasteiger partial charge on any atom is -0.397 e. The van der Waals surface area contributed by atoms with Crippen LogP contribution in [-0.4, -0.2) is 38.7 Å². The lowest BCUT2D eigenvalue weighted by Crippen LogP contribution is -2.34. The van der Waals surface area contributed by atoms with E-state index in [9.17, 15) is 0 Å². The topological polar surface area (TPSA) is 96.6 Å². The molecule has 0 saturated carbocycles. The van der Waals surface area contributed by atoms with Gasteiger partial charge in [0.1, 0.15) is 5.82 Å². The van der Waals surface area contributed by atoms with Crippen LogP contribution in [0.3, 0.4) is 0 Å². The van der Waals surface area contributed by atoms with Gasteiger partial charge in [-0.3, -0.25) is 0 Å². The molecule has 0 radical (unpaired) electrons. The van der Waals surface area contributed by atoms with Crippen LogP contribution in [-0.2, 0) is 6.42 Å². The molecule has 100 valence electrons. The van der Waals surface area contributed by atoms with E-state index in [4.69, 9.17) is 5.73 Å². The number of rotatable bonds is 3. The molecule has 0 bridgehead atoms. The van der Waals surface area contributed by atoms with E-state index in [1.165, 1.54) is 0 Å². The molecule has 0 unspecified atom stereocenters. The van der Waals surface area contributed by atoms with Crippen molar-refractivity contribution in [2.24, 2.45) is 5.92 Å². The number of nitrogen functional groups attached to an aromatic ring is 1. The first-order valence-corrected chi connectivity index (χ1v) is 6.50. The maximum absolute atomic E-state index is 5.65. The van der Waals surface area contributed by atoms with Crippen LogP contribution in [0.2, 0.25) is 0 Å². The summed E-state index contributed by atoms with van der Waals surface area (Å²) in [6.07, 6.45) is 4.86. The number of pyridine rings is 1. The van der Waals surface area contributed by atoms with Crippen LogP contribution in [0.1, 0.15) is 18.7 Å². The van der Waals surface area contributed by atoms with Crippen molar-refractivity contribution in [3.05, 3.63) is 24.2 Å². The van der Waals surface area contributed by atoms with E-state index in [2.05, 4.69) is 30.5 Å². The zero-order valence-corrected chi connectivity index (χ0v) is 10.7. The van der Waals surface area contributed by atoms with E-state index in [0.29, 0.717) is 11.6 Å². The SMILES string of the molecule is Nc1ccc(N2CCC(Cc3nn[nH]n3)CC2)nc1. The number of hydrogen-bond donors (Lipinski definition) is 2. The van der Waals surface area contributed by atoms with Crippen molar-refractivity contribution in [1.82, 2.24) is 25.6 Å². The van der Waals surface area contributed by atoms with Crippen molar-refractivity contribution >= 4 is 11.5 Å². The molecule has 0 aliphatic carbocycles. The Labute approximate surface area is 111 Å². The summed E-state index contributed by atoms with van der Waals surface area (Å²) in [5.74, 6) is 2.44. The molecule has 3 heterocycles. The average Bonchev–Trinajstić information content (AvgIpc) is 2.94. The molecule has 1 aliphatic rings. The first-order chi connectivity index (χ1) is 9.31. The lowest BCUT2D eigenvalue weighted by atomic mass is 9.93. The van der Waals surface area contributed by atoms with Gasteiger partial charge in [-0.25, -0.2) is 4.98 Å². The molecule has 0 amide bonds. The number of aromatic nitrogens is 5. The Morgan fingerprint density at radius 1 is 1.32 bits per heavy atom. The maximum Gasteiger partial charge on any atom is 0.174 e. The van der Waals surface area contributed by atoms with Crippen molar-refractivity contribution in [2.45, 2.75) is 19.3 Å². The smallest absolute Gasteiger partial charge is 0.174 e. The average molecular weight is 259 g/mol. The third-order valence-electron chi connectivity index (χ3n) is 3.57. The number of anilines is 2. The van der Waals surface area contributed by atoms with E-state index in [1.807, 2.05) is 12.1 Å². The fourth-order valence-corrected chi connectivity index (χ4v) is 2.48. The van der Waals surface area contributed by atoms with Gasteiger partial charge >= 0.3 is 0 Å². The summed E-state index contributed by atoms with van der Waals surface area (Å²) in [5, 5.41) is 14.1. The molecule has 2 aromatic rings. The fraction of sp³-hybridized carbons (Fsp3) is 0.500. The van der Waals surface area contributed by atoms with Crippen molar-refractivity contribution in [2.75, 3.05) is 23.7 Å². The monoisotopic (exact) mass is 259 g/mol. The molecule has 0 spiro atoms. The second-order valence-electron chi connectivity index (χ2n) is 4.91. The number of hydrogen-bond acceptors (Lipinski definition) is 6. The number of nitrogens with one attached hydrogen (secondary N) is 1. The van der Waals surface area contributed by atoms with Gasteiger partial charge in [-0.1, -0.05) is 5.21 Å². The second kappa shape index (κ2) is 5.21. The van der Waals surface area contributed by atoms with Crippen molar-refractivity contribution in [3.8, 4) is 0 Å². The van der Waals surface area contributed by atoms with Crippen LogP contribution >= 0.6 is 0 Å². The Morgan fingerprint density at radius 3 is 2.79 bits per heavy atom. The predicted octanol–water partition coefficient (Wildman–Crippen LogP) is 0.636. The molecule has 1 fully saturated rings. The third-order valence-corrected chi connectivity index (χ3v) is 3.57. The summed E-state index contributed by atoms with van der Waals surface area (Å²) in [5.41, 5.74) is 6.35. The molecule has 0 aromatic carbocycles. The fourth-order valence-electron chi connectivity index (χ4n) is 2.48. The number of H-pyrrole nitrogens is 1. The van der Waals surface area contributed by atoms with Gasteiger partial charge < -0.3 is 10.6 Å². The number of tetrazole rings is 1. The summed E-state index contributed by atoms with van der Waals surface area (Å²) in [6.45, 7) is 2.03. The Hall–Kier alpha value is -2.18. The number of nitrogens with zero attached hydrogens (tertiary/aromatic N) is 5. The highest BCUT2D eigenvalue weighted by Crippen LogP contribution is 2.23. The molecule has 1 aliphatic heterocycles. The van der Waals surface area contributed by atoms with Gasteiger partial charge in [0.15, 0.2) is 5.82 Å². The standard InChI is InChI=1S/C12H17N7/c13-10-1-2-12(14-8-10)19-5-3-9(4-6-19)7-11-15-17-18-16-11/h1-2,8-9H,3-7,13H2,(H,15,16,17,18). The summed E-state index contributed by atoms with van der Waals surface area (Å²) in [4.78, 5) is 6.66. The van der Waals surface area contributed by atoms with E-state index >= 15 is 0 Å². The first-order valence-electron chi connectivity index (χ1n) is 6.50. The molecule has 0 atom stereocenters. The maximum atomic E-state index is 5.65. The zero-order chi connectivity index (χ0) is 13.1. The Balaban J connectivity index is 1.56. The van der Waals surface area contributed by atoms with E-state index in [-0.39, 0.29) is 0 Å². The second-order valence-corrected chi connectivity index (χ2v) is 4.91. The normalized spacial score (nSPS) is 16.7. The molecule has 2 aromatic heterocycles. The van der Waals surface area contributed by atoms with Gasteiger partial charge in [0.2, 0.25) is 0 Å². The number of nitrogens with two attached hydrogens (primary N) is 1. The van der Waals surface area contributed by atoms with Crippen LogP contribution in [0.25, 0.3) is 0 Å². The third kappa shape index (κ3) is 2.81. The highest BCUT2D eigenvalue weighted by Gasteiger charge is 2.21. The van der Waals surface area contributed by atoms with E-state index in [0.717, 1.165) is 44.0 Å². The Bertz CT molecular complexity index is 499. The van der Waals surface area contributed by atoms with E-state index < -0.39 is 0 Å². The van der Waals surface area contributed by atoms with Gasteiger partial charge in [0, 0.05) is 19.5 Å². The zero-order valence-electron chi connectivity index (χ0n) is 10.7. The number of aromatic amines is 1. The Morgan fingerprint density at radius 2 is 2.16 bits per heavy atom. The first kappa shape index (κ1) is 11.9. The minimum absolute atomic E-state index is 0.627. The molecule has 19 heavy (non-hydrogen) atoms. The van der Waals surface area contributed by atoms with Crippen LogP contribution in [0.5, 0.6) is 0 Å². The highest BCUT2D eigenvalue weighted by atomic mass is 15.5. The van der Waals surface area contributed by atoms with Crippen LogP contribution in [0.4, 0.5) is 11.5 Å². The molecular weight excluding hydrogens is 242 g/mol. The lowest BCUT2D eigenvalue weighted by molar-refractivity contribution is 0.395. The Kier molecular flexibility index (Phi) is 3.26. The molecular formula is C12H17N7. The molecule has 7 heteroatoms. The van der Waals surface area contributed by atoms with Gasteiger partial charge in [0.25, 0.3) is 0 Å². The molecule has 3 N–H and O–H groups in total. The van der Waals surface area contributed by atoms with Crippen LogP contribution in [0.15, 0.2) is 18.3 Å². The van der Waals surface area contributed by atoms with Crippen LogP contribution < -0.4 is 10.6 Å². The van der Waals surface area contributed by atoms with Crippen molar-refractivity contribution in [1.29, 1.82) is 0 Å². The van der Waals surface area contributed by atoms with Crippen molar-refractivity contribution in [3.63, 3.8) is 0 Å². The molecule has 3 rings (SSSR count). The van der Waals surface area contributed by atoms with E-state index in [1.54, 1.807) is 6.20 Å². The highest BCUT2D eigenvalue weighted by molar-refractivity contribution is 5.45. The summed E-state index contributed by atoms with van der Waals surface area (Å²) >= 11 is 0. The largest absolute Gasteiger partial charge is 0.397 e.